The minimum atomic E-state index is 0.411. The van der Waals surface area contributed by atoms with E-state index in [4.69, 9.17) is 4.99 Å². The average molecular weight is 307 g/mol. The summed E-state index contributed by atoms with van der Waals surface area (Å²) in [5.41, 5.74) is 4.34. The standard InChI is InChI=1S/C18H21N5/c1-12-5-6-15-14(10-12)18(23-9-8-19-11-13(23)2)22-16-4-3-7-20-17(16)21-15/h3-7,10,13,19H,8-9,11H2,1-2H3,(H,20,21). The second kappa shape index (κ2) is 5.66. The molecule has 2 N–H and O–H groups in total. The number of rotatable bonds is 0. The number of benzene rings is 1. The van der Waals surface area contributed by atoms with E-state index in [1.165, 1.54) is 5.56 Å². The van der Waals surface area contributed by atoms with Crippen molar-refractivity contribution in [3.63, 3.8) is 0 Å². The highest BCUT2D eigenvalue weighted by Gasteiger charge is 2.26. The lowest BCUT2D eigenvalue weighted by molar-refractivity contribution is 0.275. The molecule has 5 nitrogen and oxygen atoms in total. The van der Waals surface area contributed by atoms with Gasteiger partial charge in [-0.3, -0.25) is 0 Å². The molecule has 1 aromatic heterocycles. The normalized spacial score (nSPS) is 20.0. The van der Waals surface area contributed by atoms with E-state index in [0.717, 1.165) is 48.2 Å². The third-order valence-electron chi connectivity index (χ3n) is 4.46. The maximum Gasteiger partial charge on any atom is 0.156 e. The largest absolute Gasteiger partial charge is 0.351 e. The molecule has 1 atom stereocenters. The molecular weight excluding hydrogens is 286 g/mol. The van der Waals surface area contributed by atoms with E-state index >= 15 is 0 Å². The molecular formula is C18H21N5. The van der Waals surface area contributed by atoms with Crippen LogP contribution in [0.5, 0.6) is 0 Å². The van der Waals surface area contributed by atoms with Crippen LogP contribution >= 0.6 is 0 Å². The Balaban J connectivity index is 1.90. The number of fused-ring (bicyclic) bond motifs is 2. The molecule has 23 heavy (non-hydrogen) atoms. The fraction of sp³-hybridized carbons (Fsp3) is 0.333. The number of amidine groups is 1. The number of pyridine rings is 1. The fourth-order valence-electron chi connectivity index (χ4n) is 3.21. The first-order chi connectivity index (χ1) is 11.2. The predicted octanol–water partition coefficient (Wildman–Crippen LogP) is 2.82. The Morgan fingerprint density at radius 2 is 2.17 bits per heavy atom. The van der Waals surface area contributed by atoms with Gasteiger partial charge in [-0.15, -0.1) is 0 Å². The van der Waals surface area contributed by atoms with Gasteiger partial charge in [0.25, 0.3) is 0 Å². The van der Waals surface area contributed by atoms with Crippen LogP contribution in [0.1, 0.15) is 18.1 Å². The molecule has 2 aliphatic rings. The molecule has 0 radical (unpaired) electrons. The molecule has 0 saturated carbocycles. The first-order valence-electron chi connectivity index (χ1n) is 8.11. The van der Waals surface area contributed by atoms with Crippen LogP contribution in [0, 0.1) is 6.92 Å². The molecule has 3 heterocycles. The number of anilines is 2. The fourth-order valence-corrected chi connectivity index (χ4v) is 3.21. The van der Waals surface area contributed by atoms with E-state index in [2.05, 4.69) is 52.6 Å². The van der Waals surface area contributed by atoms with Crippen molar-refractivity contribution >= 4 is 23.0 Å². The summed E-state index contributed by atoms with van der Waals surface area (Å²) in [6.07, 6.45) is 1.80. The molecule has 1 aromatic carbocycles. The number of piperazine rings is 1. The van der Waals surface area contributed by atoms with Crippen molar-refractivity contribution < 1.29 is 0 Å². The van der Waals surface area contributed by atoms with Crippen molar-refractivity contribution in [2.75, 3.05) is 25.0 Å². The van der Waals surface area contributed by atoms with Gasteiger partial charge < -0.3 is 15.5 Å². The zero-order valence-electron chi connectivity index (χ0n) is 13.5. The summed E-state index contributed by atoms with van der Waals surface area (Å²) in [4.78, 5) is 11.8. The zero-order valence-corrected chi connectivity index (χ0v) is 13.5. The summed E-state index contributed by atoms with van der Waals surface area (Å²) in [7, 11) is 0. The van der Waals surface area contributed by atoms with E-state index < -0.39 is 0 Å². The summed E-state index contributed by atoms with van der Waals surface area (Å²) in [5, 5.41) is 6.90. The van der Waals surface area contributed by atoms with Crippen molar-refractivity contribution in [3.8, 4) is 0 Å². The van der Waals surface area contributed by atoms with Crippen LogP contribution in [0.15, 0.2) is 41.5 Å². The molecule has 0 bridgehead atoms. The van der Waals surface area contributed by atoms with E-state index in [9.17, 15) is 0 Å². The van der Waals surface area contributed by atoms with Crippen LogP contribution in [0.2, 0.25) is 0 Å². The Bertz CT molecular complexity index is 768. The Kier molecular flexibility index (Phi) is 3.50. The summed E-state index contributed by atoms with van der Waals surface area (Å²) >= 11 is 0. The minimum Gasteiger partial charge on any atom is -0.351 e. The second-order valence-electron chi connectivity index (χ2n) is 6.23. The molecule has 0 aliphatic carbocycles. The lowest BCUT2D eigenvalue weighted by Crippen LogP contribution is -2.52. The third kappa shape index (κ3) is 2.57. The summed E-state index contributed by atoms with van der Waals surface area (Å²) in [6.45, 7) is 7.29. The lowest BCUT2D eigenvalue weighted by Gasteiger charge is -2.36. The van der Waals surface area contributed by atoms with Crippen LogP contribution in [0.3, 0.4) is 0 Å². The van der Waals surface area contributed by atoms with Crippen molar-refractivity contribution in [2.24, 2.45) is 4.99 Å². The molecule has 118 valence electrons. The van der Waals surface area contributed by atoms with Crippen LogP contribution in [-0.2, 0) is 0 Å². The molecule has 4 rings (SSSR count). The molecule has 1 fully saturated rings. The van der Waals surface area contributed by atoms with Crippen LogP contribution in [0.25, 0.3) is 0 Å². The van der Waals surface area contributed by atoms with Gasteiger partial charge in [0.2, 0.25) is 0 Å². The number of aliphatic imine (C=N–C) groups is 1. The highest BCUT2D eigenvalue weighted by Crippen LogP contribution is 2.34. The summed E-state index contributed by atoms with van der Waals surface area (Å²) in [5.74, 6) is 1.85. The first kappa shape index (κ1) is 14.2. The van der Waals surface area contributed by atoms with E-state index in [1.807, 2.05) is 12.1 Å². The number of nitrogens with one attached hydrogen (secondary N) is 2. The highest BCUT2D eigenvalue weighted by molar-refractivity contribution is 6.07. The SMILES string of the molecule is Cc1ccc2c(c1)C(N1CCNCC1C)=Nc1cccnc1N2. The van der Waals surface area contributed by atoms with E-state index in [0.29, 0.717) is 6.04 Å². The molecule has 0 spiro atoms. The molecule has 2 aromatic rings. The second-order valence-corrected chi connectivity index (χ2v) is 6.23. The zero-order chi connectivity index (χ0) is 15.8. The molecule has 1 saturated heterocycles. The van der Waals surface area contributed by atoms with Gasteiger partial charge in [0, 0.05) is 37.4 Å². The number of aryl methyl sites for hydroxylation is 1. The Labute approximate surface area is 136 Å². The molecule has 2 aliphatic heterocycles. The van der Waals surface area contributed by atoms with Crippen LogP contribution < -0.4 is 10.6 Å². The first-order valence-corrected chi connectivity index (χ1v) is 8.11. The smallest absolute Gasteiger partial charge is 0.156 e. The van der Waals surface area contributed by atoms with Gasteiger partial charge in [-0.05, 0) is 38.1 Å². The Hall–Kier alpha value is -2.40. The highest BCUT2D eigenvalue weighted by atomic mass is 15.3. The number of hydrogen-bond donors (Lipinski definition) is 2. The van der Waals surface area contributed by atoms with Gasteiger partial charge >= 0.3 is 0 Å². The van der Waals surface area contributed by atoms with Gasteiger partial charge in [-0.25, -0.2) is 9.98 Å². The Morgan fingerprint density at radius 1 is 1.26 bits per heavy atom. The van der Waals surface area contributed by atoms with Crippen molar-refractivity contribution in [1.29, 1.82) is 0 Å². The van der Waals surface area contributed by atoms with Gasteiger partial charge in [-0.2, -0.15) is 0 Å². The summed E-state index contributed by atoms with van der Waals surface area (Å²) < 4.78 is 0. The maximum atomic E-state index is 4.99. The molecule has 5 heteroatoms. The summed E-state index contributed by atoms with van der Waals surface area (Å²) in [6, 6.07) is 10.8. The molecule has 1 unspecified atom stereocenters. The van der Waals surface area contributed by atoms with Crippen molar-refractivity contribution in [2.45, 2.75) is 19.9 Å². The van der Waals surface area contributed by atoms with Gasteiger partial charge in [0.05, 0.1) is 5.69 Å². The number of nitrogens with zero attached hydrogens (tertiary/aromatic N) is 3. The Morgan fingerprint density at radius 3 is 3.04 bits per heavy atom. The van der Waals surface area contributed by atoms with E-state index in [1.54, 1.807) is 6.20 Å². The maximum absolute atomic E-state index is 4.99. The van der Waals surface area contributed by atoms with E-state index in [-0.39, 0.29) is 0 Å². The van der Waals surface area contributed by atoms with Gasteiger partial charge in [0.1, 0.15) is 11.5 Å². The molecule has 0 amide bonds. The number of aromatic nitrogens is 1. The predicted molar refractivity (Wildman–Crippen MR) is 93.9 cm³/mol. The quantitative estimate of drug-likeness (QED) is 0.786. The van der Waals surface area contributed by atoms with Crippen LogP contribution in [-0.4, -0.2) is 41.4 Å². The monoisotopic (exact) mass is 307 g/mol. The van der Waals surface area contributed by atoms with Crippen molar-refractivity contribution in [3.05, 3.63) is 47.7 Å². The van der Waals surface area contributed by atoms with Gasteiger partial charge in [0.15, 0.2) is 5.82 Å². The number of hydrogen-bond acceptors (Lipinski definition) is 5. The lowest BCUT2D eigenvalue weighted by atomic mass is 10.1. The topological polar surface area (TPSA) is 52.5 Å². The van der Waals surface area contributed by atoms with Gasteiger partial charge in [-0.1, -0.05) is 11.6 Å². The third-order valence-corrected chi connectivity index (χ3v) is 4.46. The average Bonchev–Trinajstić information content (AvgIpc) is 2.72. The van der Waals surface area contributed by atoms with Crippen molar-refractivity contribution in [1.82, 2.24) is 15.2 Å². The van der Waals surface area contributed by atoms with Crippen LogP contribution in [0.4, 0.5) is 17.2 Å². The minimum absolute atomic E-state index is 0.411.